The highest BCUT2D eigenvalue weighted by molar-refractivity contribution is 7.09. The maximum absolute atomic E-state index is 12.4. The van der Waals surface area contributed by atoms with Gasteiger partial charge in [-0.15, -0.1) is 11.3 Å². The van der Waals surface area contributed by atoms with Crippen LogP contribution in [-0.2, 0) is 11.3 Å². The van der Waals surface area contributed by atoms with E-state index in [1.54, 1.807) is 17.5 Å². The topological polar surface area (TPSA) is 45.2 Å². The van der Waals surface area contributed by atoms with Crippen LogP contribution in [0.1, 0.15) is 31.7 Å². The molecule has 0 aromatic carbocycles. The summed E-state index contributed by atoms with van der Waals surface area (Å²) >= 11 is 1.61. The fraction of sp³-hybridized carbons (Fsp3) is 0.692. The number of nitrogens with zero attached hydrogens (tertiary/aromatic N) is 2. The SMILES string of the molecule is CNC1CCC(C)(C)CN(Cc2nccs2)C1=O. The number of aromatic nitrogens is 1. The van der Waals surface area contributed by atoms with Gasteiger partial charge in [-0.3, -0.25) is 4.79 Å². The zero-order valence-corrected chi connectivity index (χ0v) is 12.1. The summed E-state index contributed by atoms with van der Waals surface area (Å²) in [6.07, 6.45) is 3.78. The molecule has 2 heterocycles. The minimum absolute atomic E-state index is 0.0493. The molecule has 100 valence electrons. The Labute approximate surface area is 112 Å². The van der Waals surface area contributed by atoms with Crippen LogP contribution in [0, 0.1) is 5.41 Å². The minimum Gasteiger partial charge on any atom is -0.334 e. The fourth-order valence-corrected chi connectivity index (χ4v) is 3.08. The van der Waals surface area contributed by atoms with Crippen LogP contribution in [0.4, 0.5) is 0 Å². The van der Waals surface area contributed by atoms with Crippen molar-refractivity contribution in [1.82, 2.24) is 15.2 Å². The zero-order chi connectivity index (χ0) is 13.2. The van der Waals surface area contributed by atoms with Gasteiger partial charge in [-0.05, 0) is 25.3 Å². The molecule has 1 saturated heterocycles. The third kappa shape index (κ3) is 3.09. The van der Waals surface area contributed by atoms with E-state index in [1.165, 1.54) is 0 Å². The van der Waals surface area contributed by atoms with Crippen LogP contribution in [0.3, 0.4) is 0 Å². The van der Waals surface area contributed by atoms with Gasteiger partial charge in [-0.25, -0.2) is 4.98 Å². The van der Waals surface area contributed by atoms with Crippen molar-refractivity contribution in [2.24, 2.45) is 5.41 Å². The molecule has 4 nitrogen and oxygen atoms in total. The molecule has 0 saturated carbocycles. The van der Waals surface area contributed by atoms with Crippen LogP contribution in [0.5, 0.6) is 0 Å². The molecule has 18 heavy (non-hydrogen) atoms. The van der Waals surface area contributed by atoms with Crippen LogP contribution in [0.2, 0.25) is 0 Å². The van der Waals surface area contributed by atoms with Gasteiger partial charge in [0, 0.05) is 18.1 Å². The van der Waals surface area contributed by atoms with Gasteiger partial charge in [0.15, 0.2) is 0 Å². The Bertz CT molecular complexity index is 402. The van der Waals surface area contributed by atoms with Gasteiger partial charge >= 0.3 is 0 Å². The second kappa shape index (κ2) is 5.36. The van der Waals surface area contributed by atoms with Gasteiger partial charge < -0.3 is 10.2 Å². The number of thiazole rings is 1. The first kappa shape index (κ1) is 13.5. The lowest BCUT2D eigenvalue weighted by Crippen LogP contribution is -2.44. The number of rotatable bonds is 3. The first-order chi connectivity index (χ1) is 8.52. The second-order valence-electron chi connectivity index (χ2n) is 5.66. The highest BCUT2D eigenvalue weighted by atomic mass is 32.1. The van der Waals surface area contributed by atoms with Crippen molar-refractivity contribution in [2.75, 3.05) is 13.6 Å². The molecule has 1 unspecified atom stereocenters. The third-order valence-corrected chi connectivity index (χ3v) is 4.26. The number of likely N-dealkylation sites (tertiary alicyclic amines) is 1. The molecule has 0 bridgehead atoms. The van der Waals surface area contributed by atoms with Gasteiger partial charge in [0.1, 0.15) is 5.01 Å². The Morgan fingerprint density at radius 3 is 3.00 bits per heavy atom. The van der Waals surface area contributed by atoms with E-state index < -0.39 is 0 Å². The van der Waals surface area contributed by atoms with Gasteiger partial charge in [-0.1, -0.05) is 13.8 Å². The van der Waals surface area contributed by atoms with Crippen LogP contribution >= 0.6 is 11.3 Å². The van der Waals surface area contributed by atoms with E-state index in [0.717, 1.165) is 24.4 Å². The monoisotopic (exact) mass is 267 g/mol. The largest absolute Gasteiger partial charge is 0.334 e. The quantitative estimate of drug-likeness (QED) is 0.909. The summed E-state index contributed by atoms with van der Waals surface area (Å²) in [6, 6.07) is -0.0493. The van der Waals surface area contributed by atoms with Crippen molar-refractivity contribution < 1.29 is 4.79 Å². The summed E-state index contributed by atoms with van der Waals surface area (Å²) in [6.45, 7) is 5.90. The van der Waals surface area contributed by atoms with Crippen molar-refractivity contribution in [3.8, 4) is 0 Å². The molecule has 1 amide bonds. The first-order valence-electron chi connectivity index (χ1n) is 6.36. The van der Waals surface area contributed by atoms with Crippen LogP contribution in [0.15, 0.2) is 11.6 Å². The predicted molar refractivity (Wildman–Crippen MR) is 73.4 cm³/mol. The Kier molecular flexibility index (Phi) is 4.02. The van der Waals surface area contributed by atoms with Crippen molar-refractivity contribution in [1.29, 1.82) is 0 Å². The van der Waals surface area contributed by atoms with Gasteiger partial charge in [0.05, 0.1) is 12.6 Å². The highest BCUT2D eigenvalue weighted by Gasteiger charge is 2.34. The molecular formula is C13H21N3OS. The number of hydrogen-bond donors (Lipinski definition) is 1. The van der Waals surface area contributed by atoms with Crippen LogP contribution in [-0.4, -0.2) is 35.4 Å². The molecule has 1 aliphatic heterocycles. The van der Waals surface area contributed by atoms with Gasteiger partial charge in [-0.2, -0.15) is 0 Å². The fourth-order valence-electron chi connectivity index (χ4n) is 2.45. The maximum Gasteiger partial charge on any atom is 0.240 e. The minimum atomic E-state index is -0.0493. The lowest BCUT2D eigenvalue weighted by molar-refractivity contribution is -0.134. The number of carbonyl (C=O) groups excluding carboxylic acids is 1. The molecule has 5 heteroatoms. The van der Waals surface area contributed by atoms with E-state index in [9.17, 15) is 4.79 Å². The average Bonchev–Trinajstić information content (AvgIpc) is 2.77. The van der Waals surface area contributed by atoms with Crippen molar-refractivity contribution in [2.45, 2.75) is 39.3 Å². The lowest BCUT2D eigenvalue weighted by atomic mass is 9.87. The smallest absolute Gasteiger partial charge is 0.240 e. The maximum atomic E-state index is 12.4. The van der Waals surface area contributed by atoms with Gasteiger partial charge in [0.25, 0.3) is 0 Å². The van der Waals surface area contributed by atoms with Crippen molar-refractivity contribution in [3.63, 3.8) is 0 Å². The van der Waals surface area contributed by atoms with Gasteiger partial charge in [0.2, 0.25) is 5.91 Å². The molecule has 1 aromatic heterocycles. The Morgan fingerprint density at radius 2 is 2.39 bits per heavy atom. The molecule has 1 aromatic rings. The second-order valence-corrected chi connectivity index (χ2v) is 6.64. The first-order valence-corrected chi connectivity index (χ1v) is 7.24. The Hall–Kier alpha value is -0.940. The molecule has 0 spiro atoms. The molecular weight excluding hydrogens is 246 g/mol. The number of hydrogen-bond acceptors (Lipinski definition) is 4. The standard InChI is InChI=1S/C13H21N3OS/c1-13(2)5-4-10(14-3)12(17)16(9-13)8-11-15-6-7-18-11/h6-7,10,14H,4-5,8-9H2,1-3H3. The van der Waals surface area contributed by atoms with E-state index >= 15 is 0 Å². The molecule has 1 aliphatic rings. The van der Waals surface area contributed by atoms with Crippen LogP contribution in [0.25, 0.3) is 0 Å². The molecule has 2 rings (SSSR count). The molecule has 1 fully saturated rings. The number of carbonyl (C=O) groups is 1. The van der Waals surface area contributed by atoms with E-state index in [-0.39, 0.29) is 17.4 Å². The van der Waals surface area contributed by atoms with Crippen molar-refractivity contribution >= 4 is 17.2 Å². The summed E-state index contributed by atoms with van der Waals surface area (Å²) in [5.74, 6) is 0.207. The molecule has 1 atom stereocenters. The summed E-state index contributed by atoms with van der Waals surface area (Å²) in [4.78, 5) is 18.7. The number of amides is 1. The average molecular weight is 267 g/mol. The summed E-state index contributed by atoms with van der Waals surface area (Å²) in [7, 11) is 1.86. The third-order valence-electron chi connectivity index (χ3n) is 3.50. The Balaban J connectivity index is 2.15. The number of nitrogens with one attached hydrogen (secondary N) is 1. The lowest BCUT2D eigenvalue weighted by Gasteiger charge is -2.29. The molecule has 0 aliphatic carbocycles. The summed E-state index contributed by atoms with van der Waals surface area (Å²) in [5.41, 5.74) is 0.179. The van der Waals surface area contributed by atoms with Crippen molar-refractivity contribution in [3.05, 3.63) is 16.6 Å². The Morgan fingerprint density at radius 1 is 1.61 bits per heavy atom. The summed E-state index contributed by atoms with van der Waals surface area (Å²) in [5, 5.41) is 6.10. The predicted octanol–water partition coefficient (Wildman–Crippen LogP) is 1.88. The number of likely N-dealkylation sites (N-methyl/N-ethyl adjacent to an activating group) is 1. The van der Waals surface area contributed by atoms with E-state index in [0.29, 0.717) is 6.54 Å². The summed E-state index contributed by atoms with van der Waals surface area (Å²) < 4.78 is 0. The zero-order valence-electron chi connectivity index (χ0n) is 11.3. The normalized spacial score (nSPS) is 24.1. The molecule has 0 radical (unpaired) electrons. The van der Waals surface area contributed by atoms with Crippen LogP contribution < -0.4 is 5.32 Å². The molecule has 1 N–H and O–H groups in total. The van der Waals surface area contributed by atoms with E-state index in [4.69, 9.17) is 0 Å². The van der Waals surface area contributed by atoms with E-state index in [2.05, 4.69) is 24.1 Å². The van der Waals surface area contributed by atoms with E-state index in [1.807, 2.05) is 17.3 Å². The highest BCUT2D eigenvalue weighted by Crippen LogP contribution is 2.29.